The van der Waals surface area contributed by atoms with Gasteiger partial charge in [-0.3, -0.25) is 14.8 Å². The van der Waals surface area contributed by atoms with Crippen LogP contribution in [-0.2, 0) is 13.0 Å². The number of nitrogens with one attached hydrogen (secondary N) is 1. The van der Waals surface area contributed by atoms with Gasteiger partial charge in [0.25, 0.3) is 5.69 Å². The van der Waals surface area contributed by atoms with Crippen LogP contribution in [0.15, 0.2) is 42.7 Å². The standard InChI is InChI=1S/C18H20N6O2/c1-3-15-10-17(19-8-9-23-12-13(2)11-20-23)22-18(21-15)14-4-6-16(7-5-14)24(25)26/h4-7,10-12H,3,8-9H2,1-2H3,(H,19,21,22). The van der Waals surface area contributed by atoms with Gasteiger partial charge in [0.05, 0.1) is 17.7 Å². The van der Waals surface area contributed by atoms with Gasteiger partial charge in [-0.15, -0.1) is 0 Å². The first-order valence-corrected chi connectivity index (χ1v) is 8.41. The summed E-state index contributed by atoms with van der Waals surface area (Å²) in [5.74, 6) is 1.28. The third-order valence-electron chi connectivity index (χ3n) is 3.89. The van der Waals surface area contributed by atoms with Crippen LogP contribution in [0.25, 0.3) is 11.4 Å². The van der Waals surface area contributed by atoms with Crippen molar-refractivity contribution in [1.29, 1.82) is 0 Å². The number of anilines is 1. The molecule has 3 rings (SSSR count). The summed E-state index contributed by atoms with van der Waals surface area (Å²) in [5, 5.41) is 18.4. The highest BCUT2D eigenvalue weighted by Gasteiger charge is 2.09. The highest BCUT2D eigenvalue weighted by molar-refractivity contribution is 5.59. The maximum absolute atomic E-state index is 10.8. The molecule has 8 nitrogen and oxygen atoms in total. The lowest BCUT2D eigenvalue weighted by atomic mass is 10.2. The van der Waals surface area contributed by atoms with Crippen LogP contribution >= 0.6 is 0 Å². The van der Waals surface area contributed by atoms with Crippen LogP contribution in [0.5, 0.6) is 0 Å². The van der Waals surface area contributed by atoms with Gasteiger partial charge in [0.15, 0.2) is 5.82 Å². The Hall–Kier alpha value is -3.29. The Kier molecular flexibility index (Phi) is 5.21. The highest BCUT2D eigenvalue weighted by atomic mass is 16.6. The molecule has 0 aliphatic carbocycles. The molecule has 0 unspecified atom stereocenters. The molecule has 0 saturated carbocycles. The average Bonchev–Trinajstić information content (AvgIpc) is 3.06. The Balaban J connectivity index is 1.76. The summed E-state index contributed by atoms with van der Waals surface area (Å²) >= 11 is 0. The molecule has 0 bridgehead atoms. The van der Waals surface area contributed by atoms with Gasteiger partial charge in [0.1, 0.15) is 5.82 Å². The molecule has 1 N–H and O–H groups in total. The lowest BCUT2D eigenvalue weighted by molar-refractivity contribution is -0.384. The van der Waals surface area contributed by atoms with E-state index >= 15 is 0 Å². The third kappa shape index (κ3) is 4.21. The molecule has 2 aromatic heterocycles. The van der Waals surface area contributed by atoms with Gasteiger partial charge in [-0.25, -0.2) is 9.97 Å². The molecule has 0 saturated heterocycles. The summed E-state index contributed by atoms with van der Waals surface area (Å²) in [6.07, 6.45) is 4.59. The lowest BCUT2D eigenvalue weighted by Crippen LogP contribution is -2.12. The third-order valence-corrected chi connectivity index (χ3v) is 3.89. The quantitative estimate of drug-likeness (QED) is 0.518. The van der Waals surface area contributed by atoms with E-state index in [4.69, 9.17) is 0 Å². The minimum Gasteiger partial charge on any atom is -0.368 e. The molecular weight excluding hydrogens is 332 g/mol. The smallest absolute Gasteiger partial charge is 0.269 e. The molecule has 0 spiro atoms. The second-order valence-corrected chi connectivity index (χ2v) is 5.93. The number of nitro groups is 1. The fourth-order valence-corrected chi connectivity index (χ4v) is 2.52. The van der Waals surface area contributed by atoms with E-state index in [1.807, 2.05) is 37.0 Å². The van der Waals surface area contributed by atoms with Crippen molar-refractivity contribution in [3.63, 3.8) is 0 Å². The second kappa shape index (κ2) is 7.73. The molecule has 0 atom stereocenters. The first kappa shape index (κ1) is 17.5. The molecule has 26 heavy (non-hydrogen) atoms. The summed E-state index contributed by atoms with van der Waals surface area (Å²) in [6.45, 7) is 5.44. The monoisotopic (exact) mass is 352 g/mol. The Bertz CT molecular complexity index is 904. The van der Waals surface area contributed by atoms with Crippen LogP contribution in [0.2, 0.25) is 0 Å². The number of nitrogens with zero attached hydrogens (tertiary/aromatic N) is 5. The molecule has 0 amide bonds. The van der Waals surface area contributed by atoms with Crippen molar-refractivity contribution in [3.05, 3.63) is 64.1 Å². The molecule has 8 heteroatoms. The van der Waals surface area contributed by atoms with Crippen LogP contribution in [0, 0.1) is 17.0 Å². The van der Waals surface area contributed by atoms with E-state index in [-0.39, 0.29) is 5.69 Å². The fraction of sp³-hybridized carbons (Fsp3) is 0.278. The zero-order valence-corrected chi connectivity index (χ0v) is 14.7. The molecule has 134 valence electrons. The maximum atomic E-state index is 10.8. The number of hydrogen-bond acceptors (Lipinski definition) is 6. The van der Waals surface area contributed by atoms with Gasteiger partial charge in [-0.2, -0.15) is 5.10 Å². The topological polar surface area (TPSA) is 98.8 Å². The van der Waals surface area contributed by atoms with E-state index in [2.05, 4.69) is 20.4 Å². The largest absolute Gasteiger partial charge is 0.368 e. The summed E-state index contributed by atoms with van der Waals surface area (Å²) < 4.78 is 1.88. The SMILES string of the molecule is CCc1cc(NCCn2cc(C)cn2)nc(-c2ccc([N+](=O)[O-])cc2)n1. The van der Waals surface area contributed by atoms with Crippen molar-refractivity contribution in [2.45, 2.75) is 26.8 Å². The molecular formula is C18H20N6O2. The van der Waals surface area contributed by atoms with Gasteiger partial charge in [0.2, 0.25) is 0 Å². The minimum atomic E-state index is -0.420. The van der Waals surface area contributed by atoms with Crippen molar-refractivity contribution >= 4 is 11.5 Å². The number of benzene rings is 1. The Morgan fingerprint density at radius 2 is 2.00 bits per heavy atom. The second-order valence-electron chi connectivity index (χ2n) is 5.93. The van der Waals surface area contributed by atoms with Crippen LogP contribution < -0.4 is 5.32 Å². The van der Waals surface area contributed by atoms with Crippen LogP contribution in [0.1, 0.15) is 18.2 Å². The fourth-order valence-electron chi connectivity index (χ4n) is 2.52. The lowest BCUT2D eigenvalue weighted by Gasteiger charge is -2.10. The number of aryl methyl sites for hydroxylation is 2. The number of nitro benzene ring substituents is 1. The average molecular weight is 352 g/mol. The zero-order chi connectivity index (χ0) is 18.5. The Morgan fingerprint density at radius 1 is 1.23 bits per heavy atom. The Labute approximate surface area is 151 Å². The van der Waals surface area contributed by atoms with Crippen molar-refractivity contribution in [1.82, 2.24) is 19.7 Å². The van der Waals surface area contributed by atoms with E-state index in [1.54, 1.807) is 12.1 Å². The molecule has 0 aliphatic heterocycles. The first-order valence-electron chi connectivity index (χ1n) is 8.41. The van der Waals surface area contributed by atoms with Crippen molar-refractivity contribution in [2.24, 2.45) is 0 Å². The van der Waals surface area contributed by atoms with E-state index < -0.39 is 4.92 Å². The molecule has 0 aliphatic rings. The first-order chi connectivity index (χ1) is 12.5. The normalized spacial score (nSPS) is 10.7. The summed E-state index contributed by atoms with van der Waals surface area (Å²) in [6, 6.07) is 8.19. The predicted octanol–water partition coefficient (Wildman–Crippen LogP) is 3.23. The van der Waals surface area contributed by atoms with Crippen LogP contribution in [0.3, 0.4) is 0 Å². The molecule has 0 fully saturated rings. The maximum Gasteiger partial charge on any atom is 0.269 e. The molecule has 0 radical (unpaired) electrons. The van der Waals surface area contributed by atoms with E-state index in [1.165, 1.54) is 12.1 Å². The van der Waals surface area contributed by atoms with Crippen molar-refractivity contribution in [3.8, 4) is 11.4 Å². The zero-order valence-electron chi connectivity index (χ0n) is 14.7. The van der Waals surface area contributed by atoms with Crippen LogP contribution in [-0.4, -0.2) is 31.2 Å². The van der Waals surface area contributed by atoms with Gasteiger partial charge < -0.3 is 5.32 Å². The number of aromatic nitrogens is 4. The van der Waals surface area contributed by atoms with Crippen LogP contribution in [0.4, 0.5) is 11.5 Å². The van der Waals surface area contributed by atoms with E-state index in [9.17, 15) is 10.1 Å². The van der Waals surface area contributed by atoms with Gasteiger partial charge in [-0.05, 0) is 31.0 Å². The highest BCUT2D eigenvalue weighted by Crippen LogP contribution is 2.21. The molecule has 1 aromatic carbocycles. The molecule has 3 aromatic rings. The van der Waals surface area contributed by atoms with Gasteiger partial charge in [0, 0.05) is 42.2 Å². The van der Waals surface area contributed by atoms with E-state index in [0.29, 0.717) is 12.4 Å². The van der Waals surface area contributed by atoms with Crippen molar-refractivity contribution < 1.29 is 4.92 Å². The minimum absolute atomic E-state index is 0.0493. The molecule has 2 heterocycles. The summed E-state index contributed by atoms with van der Waals surface area (Å²) in [5.41, 5.74) is 2.83. The number of hydrogen-bond donors (Lipinski definition) is 1. The summed E-state index contributed by atoms with van der Waals surface area (Å²) in [4.78, 5) is 19.4. The predicted molar refractivity (Wildman–Crippen MR) is 99.0 cm³/mol. The van der Waals surface area contributed by atoms with Gasteiger partial charge in [-0.1, -0.05) is 6.92 Å². The number of rotatable bonds is 7. The Morgan fingerprint density at radius 3 is 2.62 bits per heavy atom. The van der Waals surface area contributed by atoms with Gasteiger partial charge >= 0.3 is 0 Å². The number of non-ortho nitro benzene ring substituents is 1. The summed E-state index contributed by atoms with van der Waals surface area (Å²) in [7, 11) is 0. The van der Waals surface area contributed by atoms with E-state index in [0.717, 1.165) is 35.6 Å². The van der Waals surface area contributed by atoms with Crippen molar-refractivity contribution in [2.75, 3.05) is 11.9 Å².